The molecule has 11 nitrogen and oxygen atoms in total. The van der Waals surface area contributed by atoms with E-state index >= 15 is 0 Å². The van der Waals surface area contributed by atoms with E-state index in [0.717, 1.165) is 46.8 Å². The van der Waals surface area contributed by atoms with Gasteiger partial charge in [-0.2, -0.15) is 0 Å². The van der Waals surface area contributed by atoms with Gasteiger partial charge in [0.15, 0.2) is 0 Å². The number of aryl methyl sites for hydroxylation is 1. The van der Waals surface area contributed by atoms with Crippen molar-refractivity contribution < 1.29 is 28.6 Å². The first kappa shape index (κ1) is 33.0. The number of aromatic nitrogens is 2. The number of amides is 3. The van der Waals surface area contributed by atoms with Gasteiger partial charge in [-0.15, -0.1) is 0 Å². The summed E-state index contributed by atoms with van der Waals surface area (Å²) in [6.45, 7) is 11.1. The number of benzene rings is 1. The van der Waals surface area contributed by atoms with Crippen molar-refractivity contribution in [1.82, 2.24) is 20.2 Å². The third-order valence-corrected chi connectivity index (χ3v) is 6.43. The maximum Gasteiger partial charge on any atom is 0.407 e. The van der Waals surface area contributed by atoms with Crippen LogP contribution in [0, 0.1) is 0 Å². The number of alkyl carbamates (subject to hydrolysis) is 1. The second kappa shape index (κ2) is 16.2. The van der Waals surface area contributed by atoms with E-state index in [4.69, 9.17) is 24.9 Å². The Morgan fingerprint density at radius 1 is 1.12 bits per heavy atom. The number of hydrogen-bond donors (Lipinski definition) is 3. The average Bonchev–Trinajstić information content (AvgIpc) is 3.26. The summed E-state index contributed by atoms with van der Waals surface area (Å²) in [5, 5.41) is 7.17. The first-order chi connectivity index (χ1) is 20.1. The van der Waals surface area contributed by atoms with E-state index in [9.17, 15) is 14.4 Å². The molecule has 1 unspecified atom stereocenters. The number of nitrogens with zero attached hydrogens (tertiary/aromatic N) is 2. The van der Waals surface area contributed by atoms with E-state index in [0.29, 0.717) is 52.4 Å². The van der Waals surface area contributed by atoms with Crippen LogP contribution < -0.4 is 16.4 Å². The zero-order valence-electron chi connectivity index (χ0n) is 25.2. The number of rotatable bonds is 12. The van der Waals surface area contributed by atoms with Crippen molar-refractivity contribution in [2.75, 3.05) is 39.5 Å². The van der Waals surface area contributed by atoms with Crippen molar-refractivity contribution >= 4 is 39.8 Å². The van der Waals surface area contributed by atoms with Crippen LogP contribution in [0.5, 0.6) is 0 Å². The van der Waals surface area contributed by atoms with Crippen LogP contribution in [-0.4, -0.2) is 72.6 Å². The molecule has 1 atom stereocenters. The summed E-state index contributed by atoms with van der Waals surface area (Å²) in [7, 11) is 0. The molecule has 1 aliphatic rings. The van der Waals surface area contributed by atoms with Crippen molar-refractivity contribution in [3.8, 4) is 0 Å². The molecule has 0 aliphatic carbocycles. The van der Waals surface area contributed by atoms with Crippen molar-refractivity contribution in [3.63, 3.8) is 0 Å². The minimum Gasteiger partial charge on any atom is -0.444 e. The van der Waals surface area contributed by atoms with E-state index in [1.165, 1.54) is 0 Å². The van der Waals surface area contributed by atoms with Gasteiger partial charge in [-0.3, -0.25) is 14.9 Å². The number of nitrogens with two attached hydrogens (primary N) is 1. The van der Waals surface area contributed by atoms with Gasteiger partial charge >= 0.3 is 6.09 Å². The lowest BCUT2D eigenvalue weighted by Gasteiger charge is -2.23. The Balaban J connectivity index is 0.000000375. The highest BCUT2D eigenvalue weighted by Crippen LogP contribution is 2.33. The summed E-state index contributed by atoms with van der Waals surface area (Å²) < 4.78 is 17.9. The van der Waals surface area contributed by atoms with Crippen LogP contribution in [-0.2, 0) is 30.2 Å². The predicted molar refractivity (Wildman–Crippen MR) is 162 cm³/mol. The van der Waals surface area contributed by atoms with Gasteiger partial charge in [-0.1, -0.05) is 25.1 Å². The second-order valence-electron chi connectivity index (χ2n) is 11.1. The quantitative estimate of drug-likeness (QED) is 0.214. The number of imide groups is 1. The topological polar surface area (TPSA) is 147 Å². The molecule has 2 aromatic heterocycles. The molecule has 4 rings (SSSR count). The highest BCUT2D eigenvalue weighted by Gasteiger charge is 2.30. The summed E-state index contributed by atoms with van der Waals surface area (Å²) in [6, 6.07) is 9.71. The molecule has 1 saturated heterocycles. The summed E-state index contributed by atoms with van der Waals surface area (Å²) in [4.78, 5) is 39.7. The number of nitrogens with one attached hydrogen (secondary N) is 2. The average molecular weight is 584 g/mol. The van der Waals surface area contributed by atoms with E-state index in [1.54, 1.807) is 0 Å². The first-order valence-corrected chi connectivity index (χ1v) is 14.7. The maximum atomic E-state index is 12.5. The van der Waals surface area contributed by atoms with Gasteiger partial charge in [-0.05, 0) is 64.2 Å². The normalized spacial score (nSPS) is 15.3. The maximum absolute atomic E-state index is 12.5. The monoisotopic (exact) mass is 583 g/mol. The highest BCUT2D eigenvalue weighted by atomic mass is 16.6. The predicted octanol–water partition coefficient (Wildman–Crippen LogP) is 4.01. The molecule has 11 heteroatoms. The Labute approximate surface area is 247 Å². The molecular formula is C31H45N5O6. The van der Waals surface area contributed by atoms with Crippen LogP contribution in [0.25, 0.3) is 21.9 Å². The van der Waals surface area contributed by atoms with E-state index < -0.39 is 11.6 Å². The second-order valence-corrected chi connectivity index (χ2v) is 11.1. The lowest BCUT2D eigenvalue weighted by Crippen LogP contribution is -2.41. The van der Waals surface area contributed by atoms with Crippen LogP contribution in [0.3, 0.4) is 0 Å². The lowest BCUT2D eigenvalue weighted by molar-refractivity contribution is -0.135. The fourth-order valence-corrected chi connectivity index (χ4v) is 4.62. The number of carbonyl (C=O) groups excluding carboxylic acids is 3. The number of ether oxygens (including phenoxy) is 3. The minimum absolute atomic E-state index is 0.217. The van der Waals surface area contributed by atoms with Crippen LogP contribution in [0.2, 0.25) is 0 Å². The standard InChI is InChI=1S/C23H28N4O4.C8H17NO2/c24-9-11-31-13-12-30-10-3-4-16-14-18-17-5-1-2-6-19(17)27(22(18)25-15-16)20-7-8-21(28)26-23(20)29;1-5-6-9-7(10)11-8(2,3)4/h1-2,5-6,14-15,20H,3-4,7-13,24H2,(H,26,28,29);5-6H2,1-4H3,(H,9,10). The Morgan fingerprint density at radius 3 is 2.55 bits per heavy atom. The number of piperidine rings is 1. The fraction of sp³-hybridized carbons (Fsp3) is 0.548. The van der Waals surface area contributed by atoms with E-state index in [-0.39, 0.29) is 17.9 Å². The van der Waals surface area contributed by atoms with Crippen LogP contribution in [0.1, 0.15) is 65.0 Å². The van der Waals surface area contributed by atoms with Gasteiger partial charge in [0.25, 0.3) is 0 Å². The third kappa shape index (κ3) is 9.78. The van der Waals surface area contributed by atoms with Crippen molar-refractivity contribution in [1.29, 1.82) is 0 Å². The molecule has 3 aromatic rings. The molecule has 0 radical (unpaired) electrons. The molecule has 4 N–H and O–H groups in total. The molecule has 42 heavy (non-hydrogen) atoms. The molecule has 1 aliphatic heterocycles. The fourth-order valence-electron chi connectivity index (χ4n) is 4.62. The van der Waals surface area contributed by atoms with E-state index in [2.05, 4.69) is 22.8 Å². The summed E-state index contributed by atoms with van der Waals surface area (Å²) in [5.74, 6) is -0.484. The van der Waals surface area contributed by atoms with Gasteiger partial charge in [-0.25, -0.2) is 9.78 Å². The lowest BCUT2D eigenvalue weighted by atomic mass is 10.1. The molecule has 1 fully saturated rings. The Morgan fingerprint density at radius 2 is 1.86 bits per heavy atom. The van der Waals surface area contributed by atoms with Gasteiger partial charge in [0, 0.05) is 43.1 Å². The van der Waals surface area contributed by atoms with Crippen molar-refractivity contribution in [2.45, 2.75) is 71.4 Å². The Kier molecular flexibility index (Phi) is 12.7. The minimum atomic E-state index is -0.437. The zero-order chi connectivity index (χ0) is 30.5. The van der Waals surface area contributed by atoms with Crippen molar-refractivity contribution in [3.05, 3.63) is 42.1 Å². The Bertz CT molecular complexity index is 1330. The zero-order valence-corrected chi connectivity index (χ0v) is 25.2. The summed E-state index contributed by atoms with van der Waals surface area (Å²) >= 11 is 0. The number of fused-ring (bicyclic) bond motifs is 3. The Hall–Kier alpha value is -3.54. The molecule has 3 amide bonds. The van der Waals surface area contributed by atoms with Crippen molar-refractivity contribution in [2.24, 2.45) is 5.73 Å². The van der Waals surface area contributed by atoms with Gasteiger partial charge in [0.2, 0.25) is 11.8 Å². The molecular weight excluding hydrogens is 538 g/mol. The molecule has 0 bridgehead atoms. The summed E-state index contributed by atoms with van der Waals surface area (Å²) in [6.07, 6.45) is 5.01. The molecule has 1 aromatic carbocycles. The van der Waals surface area contributed by atoms with Gasteiger partial charge in [0.1, 0.15) is 17.3 Å². The summed E-state index contributed by atoms with van der Waals surface area (Å²) in [5.41, 5.74) is 7.84. The van der Waals surface area contributed by atoms with E-state index in [1.807, 2.05) is 56.7 Å². The number of carbonyl (C=O) groups is 3. The number of pyridine rings is 1. The molecule has 3 heterocycles. The van der Waals surface area contributed by atoms with Crippen LogP contribution >= 0.6 is 0 Å². The molecule has 230 valence electrons. The van der Waals surface area contributed by atoms with Crippen LogP contribution in [0.4, 0.5) is 4.79 Å². The first-order valence-electron chi connectivity index (χ1n) is 14.7. The van der Waals surface area contributed by atoms with Gasteiger partial charge < -0.3 is 29.8 Å². The van der Waals surface area contributed by atoms with Gasteiger partial charge in [0.05, 0.1) is 25.3 Å². The SMILES string of the molecule is CCCNC(=O)OC(C)(C)C.NCCOCCOCCCc1cnc2c(c1)c1ccccc1n2C1CCC(=O)NC1=O. The highest BCUT2D eigenvalue weighted by molar-refractivity contribution is 6.09. The molecule has 0 spiro atoms. The van der Waals surface area contributed by atoms with Crippen LogP contribution in [0.15, 0.2) is 36.5 Å². The third-order valence-electron chi connectivity index (χ3n) is 6.43. The number of para-hydroxylation sites is 1. The molecule has 0 saturated carbocycles. The largest absolute Gasteiger partial charge is 0.444 e. The smallest absolute Gasteiger partial charge is 0.407 e. The number of hydrogen-bond acceptors (Lipinski definition) is 8.